The van der Waals surface area contributed by atoms with E-state index in [1.165, 1.54) is 30.6 Å². The summed E-state index contributed by atoms with van der Waals surface area (Å²) >= 11 is 1.28. The van der Waals surface area contributed by atoms with Gasteiger partial charge in [0.1, 0.15) is 28.6 Å². The lowest BCUT2D eigenvalue weighted by molar-refractivity contribution is -0.121. The smallest absolute Gasteiger partial charge is 0.348 e. The molecule has 0 bridgehead atoms. The summed E-state index contributed by atoms with van der Waals surface area (Å²) in [5, 5.41) is 5.05. The highest BCUT2D eigenvalue weighted by atomic mass is 32.1. The molecule has 8 heteroatoms. The SMILES string of the molecule is COc1ccc(F)cc1-c1ccc2c(c1COC(=O)c1cccs1)N(C)C(=O)C(C)(C)N2. The molecule has 166 valence electrons. The maximum absolute atomic E-state index is 14.2. The van der Waals surface area contributed by atoms with Crippen molar-refractivity contribution in [2.24, 2.45) is 0 Å². The standard InChI is InChI=1S/C24H23FN2O4S/c1-24(2)23(29)27(3)21-17(13-31-22(28)20-6-5-11-32-20)15(8-9-18(21)26-24)16-12-14(25)7-10-19(16)30-4/h5-12,26H,13H2,1-4H3. The molecule has 0 spiro atoms. The molecule has 0 saturated carbocycles. The van der Waals surface area contributed by atoms with Gasteiger partial charge in [-0.25, -0.2) is 9.18 Å². The Morgan fingerprint density at radius 2 is 1.97 bits per heavy atom. The number of fused-ring (bicyclic) bond motifs is 1. The lowest BCUT2D eigenvalue weighted by Gasteiger charge is -2.39. The van der Waals surface area contributed by atoms with Crippen molar-refractivity contribution in [1.82, 2.24) is 0 Å². The molecule has 0 unspecified atom stereocenters. The molecular weight excluding hydrogens is 431 g/mol. The highest BCUT2D eigenvalue weighted by molar-refractivity contribution is 7.11. The Morgan fingerprint density at radius 3 is 2.66 bits per heavy atom. The second kappa shape index (κ2) is 8.27. The Kier molecular flexibility index (Phi) is 5.64. The van der Waals surface area contributed by atoms with Gasteiger partial charge in [0.2, 0.25) is 0 Å². The van der Waals surface area contributed by atoms with Gasteiger partial charge in [0.15, 0.2) is 0 Å². The monoisotopic (exact) mass is 454 g/mol. The zero-order valence-corrected chi connectivity index (χ0v) is 19.0. The highest BCUT2D eigenvalue weighted by Gasteiger charge is 2.38. The minimum absolute atomic E-state index is 0.103. The molecule has 2 aromatic carbocycles. The number of rotatable bonds is 5. The van der Waals surface area contributed by atoms with Gasteiger partial charge in [-0.3, -0.25) is 4.79 Å². The number of nitrogens with one attached hydrogen (secondary N) is 1. The van der Waals surface area contributed by atoms with Gasteiger partial charge in [-0.15, -0.1) is 11.3 Å². The zero-order valence-electron chi connectivity index (χ0n) is 18.2. The number of carbonyl (C=O) groups is 2. The van der Waals surface area contributed by atoms with Crippen LogP contribution in [-0.4, -0.2) is 31.6 Å². The molecule has 4 rings (SSSR count). The molecule has 32 heavy (non-hydrogen) atoms. The minimum Gasteiger partial charge on any atom is -0.496 e. The molecule has 6 nitrogen and oxygen atoms in total. The van der Waals surface area contributed by atoms with E-state index in [0.29, 0.717) is 33.0 Å². The number of thiophene rings is 1. The van der Waals surface area contributed by atoms with Crippen LogP contribution in [0, 0.1) is 5.82 Å². The summed E-state index contributed by atoms with van der Waals surface area (Å²) < 4.78 is 25.2. The van der Waals surface area contributed by atoms with Crippen molar-refractivity contribution in [2.45, 2.75) is 26.0 Å². The highest BCUT2D eigenvalue weighted by Crippen LogP contribution is 2.44. The fraction of sp³-hybridized carbons (Fsp3) is 0.250. The van der Waals surface area contributed by atoms with E-state index in [1.807, 2.05) is 12.1 Å². The van der Waals surface area contributed by atoms with Crippen LogP contribution in [0.25, 0.3) is 11.1 Å². The van der Waals surface area contributed by atoms with E-state index >= 15 is 0 Å². The zero-order chi connectivity index (χ0) is 23.0. The van der Waals surface area contributed by atoms with E-state index in [0.717, 1.165) is 5.69 Å². The van der Waals surface area contributed by atoms with Crippen LogP contribution < -0.4 is 15.0 Å². The van der Waals surface area contributed by atoms with Gasteiger partial charge in [0.25, 0.3) is 5.91 Å². The van der Waals surface area contributed by atoms with Crippen LogP contribution in [-0.2, 0) is 16.1 Å². The Balaban J connectivity index is 1.86. The normalized spacial score (nSPS) is 14.5. The summed E-state index contributed by atoms with van der Waals surface area (Å²) in [7, 11) is 3.19. The van der Waals surface area contributed by atoms with Gasteiger partial charge < -0.3 is 19.7 Å². The first kappa shape index (κ1) is 21.8. The number of esters is 1. The summed E-state index contributed by atoms with van der Waals surface area (Å²) in [5.74, 6) is -0.564. The average Bonchev–Trinajstić information content (AvgIpc) is 3.30. The van der Waals surface area contributed by atoms with Crippen molar-refractivity contribution in [3.05, 3.63) is 64.1 Å². The van der Waals surface area contributed by atoms with Crippen LogP contribution in [0.15, 0.2) is 47.8 Å². The third-order valence-corrected chi connectivity index (χ3v) is 6.28. The Hall–Kier alpha value is -3.39. The predicted molar refractivity (Wildman–Crippen MR) is 123 cm³/mol. The van der Waals surface area contributed by atoms with Crippen molar-refractivity contribution in [3.8, 4) is 16.9 Å². The summed E-state index contributed by atoms with van der Waals surface area (Å²) in [6.07, 6.45) is 0. The summed E-state index contributed by atoms with van der Waals surface area (Å²) in [5.41, 5.74) is 2.19. The van der Waals surface area contributed by atoms with Crippen LogP contribution >= 0.6 is 11.3 Å². The van der Waals surface area contributed by atoms with Crippen LogP contribution in [0.2, 0.25) is 0 Å². The van der Waals surface area contributed by atoms with E-state index < -0.39 is 17.3 Å². The molecule has 0 aliphatic carbocycles. The Morgan fingerprint density at radius 1 is 1.19 bits per heavy atom. The number of ether oxygens (including phenoxy) is 2. The second-order valence-corrected chi connectivity index (χ2v) is 8.95. The van der Waals surface area contributed by atoms with Crippen LogP contribution in [0.3, 0.4) is 0 Å². The summed E-state index contributed by atoms with van der Waals surface area (Å²) in [6, 6.07) is 11.3. The van der Waals surface area contributed by atoms with Crippen molar-refractivity contribution >= 4 is 34.6 Å². The molecule has 3 aromatic rings. The Bertz CT molecular complexity index is 1190. The van der Waals surface area contributed by atoms with E-state index in [4.69, 9.17) is 9.47 Å². The predicted octanol–water partition coefficient (Wildman–Crippen LogP) is 5.09. The number of nitrogens with zero attached hydrogens (tertiary/aromatic N) is 1. The maximum Gasteiger partial charge on any atom is 0.348 e. The summed E-state index contributed by atoms with van der Waals surface area (Å²) in [6.45, 7) is 3.50. The molecule has 0 atom stereocenters. The van der Waals surface area contributed by atoms with E-state index in [2.05, 4.69) is 5.32 Å². The molecule has 1 aromatic heterocycles. The number of likely N-dealkylation sites (N-methyl/N-ethyl adjacent to an activating group) is 1. The third-order valence-electron chi connectivity index (χ3n) is 5.43. The van der Waals surface area contributed by atoms with E-state index in [-0.39, 0.29) is 12.5 Å². The largest absolute Gasteiger partial charge is 0.496 e. The van der Waals surface area contributed by atoms with Crippen molar-refractivity contribution in [3.63, 3.8) is 0 Å². The van der Waals surface area contributed by atoms with E-state index in [9.17, 15) is 14.0 Å². The van der Waals surface area contributed by atoms with Gasteiger partial charge >= 0.3 is 5.97 Å². The average molecular weight is 455 g/mol. The first-order chi connectivity index (χ1) is 15.2. The number of amides is 1. The molecule has 1 N–H and O–H groups in total. The number of anilines is 2. The number of methoxy groups -OCH3 is 1. The number of hydrogen-bond donors (Lipinski definition) is 1. The van der Waals surface area contributed by atoms with Gasteiger partial charge in [-0.05, 0) is 55.1 Å². The fourth-order valence-electron chi connectivity index (χ4n) is 3.92. The molecule has 0 saturated heterocycles. The van der Waals surface area contributed by atoms with Gasteiger partial charge in [-0.1, -0.05) is 12.1 Å². The first-order valence-corrected chi connectivity index (χ1v) is 10.9. The van der Waals surface area contributed by atoms with Gasteiger partial charge in [0, 0.05) is 18.2 Å². The van der Waals surface area contributed by atoms with Crippen molar-refractivity contribution in [2.75, 3.05) is 24.4 Å². The number of carbonyl (C=O) groups excluding carboxylic acids is 2. The van der Waals surface area contributed by atoms with Crippen LogP contribution in [0.5, 0.6) is 5.75 Å². The van der Waals surface area contributed by atoms with Crippen LogP contribution in [0.4, 0.5) is 15.8 Å². The van der Waals surface area contributed by atoms with Gasteiger partial charge in [-0.2, -0.15) is 0 Å². The fourth-order valence-corrected chi connectivity index (χ4v) is 4.54. The lowest BCUT2D eigenvalue weighted by Crippen LogP contribution is -2.52. The minimum atomic E-state index is -0.801. The van der Waals surface area contributed by atoms with Crippen molar-refractivity contribution < 1.29 is 23.5 Å². The molecule has 1 amide bonds. The number of hydrogen-bond acceptors (Lipinski definition) is 6. The van der Waals surface area contributed by atoms with Crippen molar-refractivity contribution in [1.29, 1.82) is 0 Å². The molecular formula is C24H23FN2O4S. The van der Waals surface area contributed by atoms with Gasteiger partial charge in [0.05, 0.1) is 18.5 Å². The molecule has 0 radical (unpaired) electrons. The number of benzene rings is 2. The molecule has 1 aliphatic rings. The third kappa shape index (κ3) is 3.82. The second-order valence-electron chi connectivity index (χ2n) is 8.00. The topological polar surface area (TPSA) is 67.9 Å². The maximum atomic E-state index is 14.2. The molecule has 0 fully saturated rings. The summed E-state index contributed by atoms with van der Waals surface area (Å²) in [4.78, 5) is 27.5. The van der Waals surface area contributed by atoms with Crippen LogP contribution in [0.1, 0.15) is 29.1 Å². The van der Waals surface area contributed by atoms with E-state index in [1.54, 1.807) is 49.4 Å². The lowest BCUT2D eigenvalue weighted by atomic mass is 9.92. The Labute approximate surface area is 189 Å². The quantitative estimate of drug-likeness (QED) is 0.544. The molecule has 1 aliphatic heterocycles. The number of halogens is 1. The molecule has 2 heterocycles. The first-order valence-electron chi connectivity index (χ1n) is 9.99.